The fraction of sp³-hybridized carbons (Fsp3) is 0.333. The summed E-state index contributed by atoms with van der Waals surface area (Å²) in [6, 6.07) is 6.15. The van der Waals surface area contributed by atoms with Crippen molar-refractivity contribution in [1.29, 1.82) is 0 Å². The fourth-order valence-electron chi connectivity index (χ4n) is 2.42. The maximum absolute atomic E-state index is 14.1. The Balaban J connectivity index is 3.03. The molecule has 102 valence electrons. The first kappa shape index (κ1) is 14.1. The zero-order chi connectivity index (χ0) is 14.4. The first-order chi connectivity index (χ1) is 8.71. The predicted octanol–water partition coefficient (Wildman–Crippen LogP) is 4.06. The first-order valence-corrected chi connectivity index (χ1v) is 8.82. The second kappa shape index (κ2) is 4.64. The van der Waals surface area contributed by atoms with E-state index in [4.69, 9.17) is 0 Å². The van der Waals surface area contributed by atoms with Crippen LogP contribution in [-0.4, -0.2) is 18.4 Å². The molecule has 0 radical (unpaired) electrons. The van der Waals surface area contributed by atoms with Gasteiger partial charge in [-0.25, -0.2) is 4.39 Å². The van der Waals surface area contributed by atoms with Gasteiger partial charge in [0.2, 0.25) is 0 Å². The van der Waals surface area contributed by atoms with E-state index >= 15 is 0 Å². The van der Waals surface area contributed by atoms with Gasteiger partial charge in [-0.1, -0.05) is 19.9 Å². The summed E-state index contributed by atoms with van der Waals surface area (Å²) in [4.78, 5) is 0. The van der Waals surface area contributed by atoms with Crippen LogP contribution in [0.15, 0.2) is 24.3 Å². The Morgan fingerprint density at radius 1 is 1.21 bits per heavy atom. The summed E-state index contributed by atoms with van der Waals surface area (Å²) in [5, 5.41) is 11.5. The molecule has 0 aliphatic carbocycles. The number of phenolic OH excluding ortho intramolecular Hbond substituents is 1. The Morgan fingerprint density at radius 2 is 1.84 bits per heavy atom. The van der Waals surface area contributed by atoms with Crippen molar-refractivity contribution in [3.8, 4) is 5.75 Å². The third kappa shape index (κ3) is 2.52. The van der Waals surface area contributed by atoms with Crippen LogP contribution in [0.2, 0.25) is 0 Å². The van der Waals surface area contributed by atoms with Gasteiger partial charge in [0.1, 0.15) is 18.7 Å². The molecule has 0 amide bonds. The van der Waals surface area contributed by atoms with Gasteiger partial charge in [-0.05, 0) is 53.8 Å². The summed E-state index contributed by atoms with van der Waals surface area (Å²) in [5.74, 6) is -0.175. The minimum absolute atomic E-state index is 0.113. The highest BCUT2D eigenvalue weighted by atomic mass is 31.2. The number of benzene rings is 2. The number of phenols is 1. The van der Waals surface area contributed by atoms with E-state index in [0.29, 0.717) is 5.39 Å². The van der Waals surface area contributed by atoms with Crippen molar-refractivity contribution in [1.82, 2.24) is 0 Å². The van der Waals surface area contributed by atoms with E-state index in [2.05, 4.69) is 0 Å². The molecule has 0 saturated heterocycles. The van der Waals surface area contributed by atoms with E-state index in [0.717, 1.165) is 10.9 Å². The summed E-state index contributed by atoms with van der Waals surface area (Å²) in [6.07, 6.45) is 0. The lowest BCUT2D eigenvalue weighted by molar-refractivity contribution is 0.475. The normalized spacial score (nSPS) is 12.3. The lowest BCUT2D eigenvalue weighted by Crippen LogP contribution is -2.12. The minimum atomic E-state index is -2.74. The first-order valence-electron chi connectivity index (χ1n) is 6.22. The van der Waals surface area contributed by atoms with E-state index in [1.54, 1.807) is 31.5 Å². The van der Waals surface area contributed by atoms with Crippen molar-refractivity contribution < 1.29 is 14.1 Å². The summed E-state index contributed by atoms with van der Waals surface area (Å²) in [7, 11) is -2.74. The van der Waals surface area contributed by atoms with E-state index in [-0.39, 0.29) is 17.0 Å². The molecule has 2 rings (SSSR count). The second-order valence-corrected chi connectivity index (χ2v) is 8.68. The van der Waals surface area contributed by atoms with Crippen LogP contribution in [-0.2, 0) is 4.57 Å². The Labute approximate surface area is 112 Å². The Bertz CT molecular complexity index is 686. The highest BCUT2D eigenvalue weighted by Gasteiger charge is 2.23. The molecular weight excluding hydrogens is 262 g/mol. The molecule has 0 aliphatic rings. The number of fused-ring (bicyclic) bond motifs is 1. The van der Waals surface area contributed by atoms with Gasteiger partial charge >= 0.3 is 0 Å². The molecule has 2 nitrogen and oxygen atoms in total. The molecule has 4 heteroatoms. The average molecular weight is 280 g/mol. The van der Waals surface area contributed by atoms with Crippen LogP contribution in [0.25, 0.3) is 10.8 Å². The van der Waals surface area contributed by atoms with Crippen LogP contribution >= 0.6 is 7.14 Å². The zero-order valence-corrected chi connectivity index (χ0v) is 12.5. The topological polar surface area (TPSA) is 37.3 Å². The molecule has 19 heavy (non-hydrogen) atoms. The van der Waals surface area contributed by atoms with Crippen LogP contribution in [0.1, 0.15) is 25.3 Å². The summed E-state index contributed by atoms with van der Waals surface area (Å²) in [6.45, 7) is 7.09. The zero-order valence-electron chi connectivity index (χ0n) is 11.6. The van der Waals surface area contributed by atoms with Gasteiger partial charge < -0.3 is 9.67 Å². The molecular formula is C15H18FO2P. The van der Waals surface area contributed by atoms with Crippen LogP contribution in [0.5, 0.6) is 5.75 Å². The predicted molar refractivity (Wildman–Crippen MR) is 78.7 cm³/mol. The molecule has 2 aromatic rings. The van der Waals surface area contributed by atoms with Gasteiger partial charge in [0, 0.05) is 0 Å². The van der Waals surface area contributed by atoms with Gasteiger partial charge in [0.25, 0.3) is 0 Å². The van der Waals surface area contributed by atoms with Crippen LogP contribution < -0.4 is 5.30 Å². The van der Waals surface area contributed by atoms with Crippen molar-refractivity contribution in [3.63, 3.8) is 0 Å². The molecule has 0 unspecified atom stereocenters. The van der Waals surface area contributed by atoms with Crippen LogP contribution in [0, 0.1) is 5.82 Å². The molecule has 0 aromatic heterocycles. The van der Waals surface area contributed by atoms with E-state index in [1.807, 2.05) is 13.8 Å². The number of hydrogen-bond acceptors (Lipinski definition) is 2. The maximum atomic E-state index is 14.1. The summed E-state index contributed by atoms with van der Waals surface area (Å²) >= 11 is 0. The second-order valence-electron chi connectivity index (χ2n) is 5.53. The van der Waals surface area contributed by atoms with Gasteiger partial charge in [-0.2, -0.15) is 0 Å². The smallest absolute Gasteiger partial charge is 0.134 e. The highest BCUT2D eigenvalue weighted by molar-refractivity contribution is 7.70. The number of halogens is 1. The van der Waals surface area contributed by atoms with Crippen molar-refractivity contribution >= 4 is 23.2 Å². The SMILES string of the molecule is CC(C)c1cc(O)cc2ccc(F)c(P(C)(C)=O)c12. The molecule has 0 bridgehead atoms. The Kier molecular flexibility index (Phi) is 3.44. The highest BCUT2D eigenvalue weighted by Crippen LogP contribution is 2.41. The Morgan fingerprint density at radius 3 is 2.37 bits per heavy atom. The van der Waals surface area contributed by atoms with Crippen molar-refractivity contribution in [3.05, 3.63) is 35.6 Å². The molecule has 0 atom stereocenters. The molecule has 2 aromatic carbocycles. The van der Waals surface area contributed by atoms with Crippen molar-refractivity contribution in [2.75, 3.05) is 13.3 Å². The number of aromatic hydroxyl groups is 1. The Hall–Kier alpha value is -1.34. The average Bonchev–Trinajstić information content (AvgIpc) is 2.26. The van der Waals surface area contributed by atoms with Crippen LogP contribution in [0.4, 0.5) is 4.39 Å². The standard InChI is InChI=1S/C15H18FO2P/c1-9(2)12-8-11(17)7-10-5-6-13(16)15(14(10)12)19(3,4)18/h5-9,17H,1-4H3. The fourth-order valence-corrected chi connectivity index (χ4v) is 3.80. The number of rotatable bonds is 2. The molecule has 0 spiro atoms. The number of hydrogen-bond donors (Lipinski definition) is 1. The quantitative estimate of drug-likeness (QED) is 0.842. The third-order valence-corrected chi connectivity index (χ3v) is 4.73. The van der Waals surface area contributed by atoms with E-state index in [1.165, 1.54) is 6.07 Å². The molecule has 0 saturated carbocycles. The van der Waals surface area contributed by atoms with Crippen molar-refractivity contribution in [2.45, 2.75) is 19.8 Å². The van der Waals surface area contributed by atoms with Crippen molar-refractivity contribution in [2.24, 2.45) is 0 Å². The minimum Gasteiger partial charge on any atom is -0.508 e. The molecule has 0 heterocycles. The monoisotopic (exact) mass is 280 g/mol. The van der Waals surface area contributed by atoms with Gasteiger partial charge in [0.15, 0.2) is 0 Å². The summed E-state index contributed by atoms with van der Waals surface area (Å²) in [5.41, 5.74) is 0.827. The van der Waals surface area contributed by atoms with Gasteiger partial charge in [0.05, 0.1) is 5.30 Å². The van der Waals surface area contributed by atoms with E-state index in [9.17, 15) is 14.1 Å². The molecule has 1 N–H and O–H groups in total. The lowest BCUT2D eigenvalue weighted by Gasteiger charge is -2.18. The van der Waals surface area contributed by atoms with E-state index < -0.39 is 13.0 Å². The van der Waals surface area contributed by atoms with Crippen LogP contribution in [0.3, 0.4) is 0 Å². The summed E-state index contributed by atoms with van der Waals surface area (Å²) < 4.78 is 26.5. The third-order valence-electron chi connectivity index (χ3n) is 3.22. The molecule has 0 fully saturated rings. The largest absolute Gasteiger partial charge is 0.508 e. The molecule has 0 aliphatic heterocycles. The van der Waals surface area contributed by atoms with Gasteiger partial charge in [-0.3, -0.25) is 0 Å². The lowest BCUT2D eigenvalue weighted by atomic mass is 9.95. The van der Waals surface area contributed by atoms with Gasteiger partial charge in [-0.15, -0.1) is 0 Å². The maximum Gasteiger partial charge on any atom is 0.134 e.